The van der Waals surface area contributed by atoms with Gasteiger partial charge in [-0.1, -0.05) is 30.3 Å². The van der Waals surface area contributed by atoms with Crippen molar-refractivity contribution in [2.75, 3.05) is 0 Å². The molecule has 0 saturated heterocycles. The molecule has 1 aromatic carbocycles. The molecule has 0 spiro atoms. The summed E-state index contributed by atoms with van der Waals surface area (Å²) in [6.45, 7) is 3.17. The van der Waals surface area contributed by atoms with Gasteiger partial charge in [-0.05, 0) is 19.4 Å². The van der Waals surface area contributed by atoms with E-state index in [2.05, 4.69) is 0 Å². The van der Waals surface area contributed by atoms with Crippen molar-refractivity contribution in [2.24, 2.45) is 5.41 Å². The summed E-state index contributed by atoms with van der Waals surface area (Å²) in [5.41, 5.74) is -0.206. The van der Waals surface area contributed by atoms with E-state index in [4.69, 9.17) is 9.84 Å². The maximum absolute atomic E-state index is 11.5. The highest BCUT2D eigenvalue weighted by Crippen LogP contribution is 2.21. The van der Waals surface area contributed by atoms with Crippen LogP contribution in [0.5, 0.6) is 0 Å². The number of carboxylic acids is 1. The summed E-state index contributed by atoms with van der Waals surface area (Å²) >= 11 is 0. The fraction of sp³-hybridized carbons (Fsp3) is 0.385. The minimum atomic E-state index is -1.09. The third kappa shape index (κ3) is 4.26. The average molecular weight is 236 g/mol. The maximum atomic E-state index is 11.5. The number of hydrogen-bond acceptors (Lipinski definition) is 3. The van der Waals surface area contributed by atoms with Gasteiger partial charge in [0.2, 0.25) is 0 Å². The lowest BCUT2D eigenvalue weighted by molar-refractivity contribution is -0.157. The Morgan fingerprint density at radius 3 is 2.35 bits per heavy atom. The number of carboxylic acid groups (broad SMARTS) is 1. The number of carbonyl (C=O) groups is 2. The van der Waals surface area contributed by atoms with E-state index in [0.29, 0.717) is 0 Å². The molecule has 0 aliphatic rings. The third-order valence-corrected chi connectivity index (χ3v) is 2.41. The van der Waals surface area contributed by atoms with Crippen molar-refractivity contribution in [2.45, 2.75) is 26.9 Å². The zero-order chi connectivity index (χ0) is 12.9. The highest BCUT2D eigenvalue weighted by molar-refractivity contribution is 5.81. The predicted molar refractivity (Wildman–Crippen MR) is 62.3 cm³/mol. The van der Waals surface area contributed by atoms with Crippen molar-refractivity contribution >= 4 is 11.9 Å². The number of ether oxygens (including phenoxy) is 1. The van der Waals surface area contributed by atoms with Crippen LogP contribution in [0.25, 0.3) is 0 Å². The number of aliphatic carboxylic acids is 1. The van der Waals surface area contributed by atoms with Gasteiger partial charge in [-0.15, -0.1) is 0 Å². The van der Waals surface area contributed by atoms with E-state index in [9.17, 15) is 9.59 Å². The first-order valence-corrected chi connectivity index (χ1v) is 5.35. The molecule has 0 aromatic heterocycles. The number of hydrogen-bond donors (Lipinski definition) is 1. The van der Waals surface area contributed by atoms with Gasteiger partial charge in [0.1, 0.15) is 6.61 Å². The number of benzene rings is 1. The molecular formula is C13H16O4. The van der Waals surface area contributed by atoms with Gasteiger partial charge in [-0.25, -0.2) is 0 Å². The van der Waals surface area contributed by atoms with Gasteiger partial charge in [-0.3, -0.25) is 9.59 Å². The van der Waals surface area contributed by atoms with E-state index in [0.717, 1.165) is 5.56 Å². The molecule has 4 heteroatoms. The zero-order valence-corrected chi connectivity index (χ0v) is 9.97. The third-order valence-electron chi connectivity index (χ3n) is 2.41. The van der Waals surface area contributed by atoms with Crippen LogP contribution >= 0.6 is 0 Å². The van der Waals surface area contributed by atoms with Gasteiger partial charge in [0.25, 0.3) is 0 Å². The lowest BCUT2D eigenvalue weighted by Gasteiger charge is -2.17. The Kier molecular flexibility index (Phi) is 4.26. The molecule has 1 aromatic rings. The highest BCUT2D eigenvalue weighted by atomic mass is 16.5. The van der Waals surface area contributed by atoms with E-state index in [1.807, 2.05) is 30.3 Å². The van der Waals surface area contributed by atoms with Crippen molar-refractivity contribution in [1.29, 1.82) is 0 Å². The van der Waals surface area contributed by atoms with E-state index in [1.54, 1.807) is 0 Å². The number of esters is 1. The number of carbonyl (C=O) groups excluding carboxylic acids is 1. The summed E-state index contributed by atoms with van der Waals surface area (Å²) in [5.74, 6) is -1.50. The second-order valence-electron chi connectivity index (χ2n) is 4.51. The first kappa shape index (κ1) is 13.2. The predicted octanol–water partition coefficient (Wildman–Crippen LogP) is 2.23. The van der Waals surface area contributed by atoms with Crippen LogP contribution in [0, 0.1) is 5.41 Å². The van der Waals surface area contributed by atoms with Crippen molar-refractivity contribution in [1.82, 2.24) is 0 Å². The Morgan fingerprint density at radius 1 is 1.24 bits per heavy atom. The molecule has 17 heavy (non-hydrogen) atoms. The van der Waals surface area contributed by atoms with Gasteiger partial charge in [0.15, 0.2) is 0 Å². The van der Waals surface area contributed by atoms with Gasteiger partial charge < -0.3 is 9.84 Å². The van der Waals surface area contributed by atoms with E-state index < -0.39 is 17.4 Å². The van der Waals surface area contributed by atoms with Crippen LogP contribution in [0.2, 0.25) is 0 Å². The lowest BCUT2D eigenvalue weighted by atomic mass is 9.90. The Bertz CT molecular complexity index is 395. The molecule has 0 atom stereocenters. The van der Waals surface area contributed by atoms with Crippen molar-refractivity contribution in [3.8, 4) is 0 Å². The van der Waals surface area contributed by atoms with Crippen LogP contribution in [0.15, 0.2) is 30.3 Å². The van der Waals surface area contributed by atoms with Crippen molar-refractivity contribution in [3.63, 3.8) is 0 Å². The molecule has 0 amide bonds. The van der Waals surface area contributed by atoms with Crippen LogP contribution in [0.4, 0.5) is 0 Å². The summed E-state index contributed by atoms with van der Waals surface area (Å²) in [5, 5.41) is 8.87. The molecule has 0 bridgehead atoms. The minimum Gasteiger partial charge on any atom is -0.481 e. The van der Waals surface area contributed by atoms with Crippen LogP contribution in [-0.4, -0.2) is 17.0 Å². The SMILES string of the molecule is CC(C)(CC(=O)OCc1ccccc1)C(=O)O. The summed E-state index contributed by atoms with van der Waals surface area (Å²) in [6, 6.07) is 9.26. The molecular weight excluding hydrogens is 220 g/mol. The zero-order valence-electron chi connectivity index (χ0n) is 9.97. The van der Waals surface area contributed by atoms with Crippen LogP contribution < -0.4 is 0 Å². The van der Waals surface area contributed by atoms with Gasteiger partial charge in [0.05, 0.1) is 11.8 Å². The topological polar surface area (TPSA) is 63.6 Å². The van der Waals surface area contributed by atoms with Crippen LogP contribution in [0.1, 0.15) is 25.8 Å². The molecule has 0 heterocycles. The maximum Gasteiger partial charge on any atom is 0.309 e. The Balaban J connectivity index is 2.44. The van der Waals surface area contributed by atoms with E-state index in [-0.39, 0.29) is 13.0 Å². The Morgan fingerprint density at radius 2 is 1.82 bits per heavy atom. The Labute approximate surface area is 100 Å². The largest absolute Gasteiger partial charge is 0.481 e. The number of rotatable bonds is 5. The fourth-order valence-corrected chi connectivity index (χ4v) is 1.23. The van der Waals surface area contributed by atoms with Crippen molar-refractivity contribution in [3.05, 3.63) is 35.9 Å². The second-order valence-corrected chi connectivity index (χ2v) is 4.51. The molecule has 4 nitrogen and oxygen atoms in total. The van der Waals surface area contributed by atoms with Crippen molar-refractivity contribution < 1.29 is 19.4 Å². The van der Waals surface area contributed by atoms with E-state index in [1.165, 1.54) is 13.8 Å². The quantitative estimate of drug-likeness (QED) is 0.796. The normalized spacial score (nSPS) is 10.9. The summed E-state index contributed by atoms with van der Waals surface area (Å²) in [4.78, 5) is 22.3. The minimum absolute atomic E-state index is 0.130. The summed E-state index contributed by atoms with van der Waals surface area (Å²) in [7, 11) is 0. The molecule has 92 valence electrons. The first-order chi connectivity index (χ1) is 7.92. The molecule has 0 saturated carbocycles. The molecule has 0 aliphatic heterocycles. The standard InChI is InChI=1S/C13H16O4/c1-13(2,12(15)16)8-11(14)17-9-10-6-4-3-5-7-10/h3-7H,8-9H2,1-2H3,(H,15,16). The molecule has 1 rings (SSSR count). The average Bonchev–Trinajstić information content (AvgIpc) is 2.27. The first-order valence-electron chi connectivity index (χ1n) is 5.35. The summed E-state index contributed by atoms with van der Waals surface area (Å²) < 4.78 is 5.01. The Hall–Kier alpha value is -1.84. The second kappa shape index (κ2) is 5.48. The molecule has 1 N–H and O–H groups in total. The smallest absolute Gasteiger partial charge is 0.309 e. The molecule has 0 aliphatic carbocycles. The van der Waals surface area contributed by atoms with Gasteiger partial charge in [0, 0.05) is 0 Å². The molecule has 0 radical (unpaired) electrons. The van der Waals surface area contributed by atoms with Gasteiger partial charge >= 0.3 is 11.9 Å². The van der Waals surface area contributed by atoms with Crippen LogP contribution in [0.3, 0.4) is 0 Å². The fourth-order valence-electron chi connectivity index (χ4n) is 1.23. The molecule has 0 fully saturated rings. The molecule has 0 unspecified atom stereocenters. The monoisotopic (exact) mass is 236 g/mol. The lowest BCUT2D eigenvalue weighted by Crippen LogP contribution is -2.27. The van der Waals surface area contributed by atoms with E-state index >= 15 is 0 Å². The highest BCUT2D eigenvalue weighted by Gasteiger charge is 2.30. The van der Waals surface area contributed by atoms with Crippen LogP contribution in [-0.2, 0) is 20.9 Å². The van der Waals surface area contributed by atoms with Gasteiger partial charge in [-0.2, -0.15) is 0 Å². The summed E-state index contributed by atoms with van der Waals surface area (Å²) in [6.07, 6.45) is -0.130.